The van der Waals surface area contributed by atoms with E-state index in [1.54, 1.807) is 49.3 Å². The normalized spacial score (nSPS) is 19.1. The summed E-state index contributed by atoms with van der Waals surface area (Å²) in [5.41, 5.74) is 16.9. The number of carbonyl (C=O) groups is 8. The number of fused-ring (bicyclic) bond motifs is 8. The van der Waals surface area contributed by atoms with Crippen LogP contribution in [0, 0.1) is 0 Å². The molecule has 4 saturated heterocycles. The first-order valence-electron chi connectivity index (χ1n) is 40.0. The Hall–Kier alpha value is -13.5. The van der Waals surface area contributed by atoms with E-state index in [9.17, 15) is 38.4 Å². The predicted octanol–water partition coefficient (Wildman–Crippen LogP) is 15.5. The lowest BCUT2D eigenvalue weighted by atomic mass is 10.0. The number of nitrogens with one attached hydrogen (secondary N) is 4. The summed E-state index contributed by atoms with van der Waals surface area (Å²) in [6, 6.07) is 59.7. The zero-order chi connectivity index (χ0) is 81.2. The monoisotopic (exact) mass is 1590 g/mol. The highest BCUT2D eigenvalue weighted by atomic mass is 32.1. The maximum atomic E-state index is 13.0. The SMILES string of the molecule is C=C1CCC(N2Cc3c(OCc4ccc5c(c4)CCC5)cccc3C2=O)C(=O)N1.C=C1CCC(N2Cc3c(OCc4ccc5ccccc5c4)cccc3C2=O)C(=O)N1.C=C1CCC(N2Cc3c(OCc4ccc5ncccc5c4)cccc3C2=O)C(=O)N1.C=C1CCC(N2Cc3c(OCc4ccc5sccc5c4)cccc3C2=O)C(=O)N1. The quantitative estimate of drug-likeness (QED) is 0.0704. The molecule has 594 valence electrons. The van der Waals surface area contributed by atoms with E-state index < -0.39 is 24.2 Å². The lowest BCUT2D eigenvalue weighted by Crippen LogP contribution is -2.49. The highest BCUT2D eigenvalue weighted by Crippen LogP contribution is 2.40. The Bertz CT molecular complexity index is 5800. The highest BCUT2D eigenvalue weighted by molar-refractivity contribution is 7.17. The van der Waals surface area contributed by atoms with Crippen LogP contribution in [0.5, 0.6) is 23.0 Å². The molecule has 20 rings (SSSR count). The molecule has 0 saturated carbocycles. The van der Waals surface area contributed by atoms with Crippen molar-refractivity contribution >= 4 is 90.4 Å². The van der Waals surface area contributed by atoms with Gasteiger partial charge in [-0.15, -0.1) is 11.3 Å². The minimum Gasteiger partial charge on any atom is -0.489 e. The number of ether oxygens (including phenoxy) is 4. The van der Waals surface area contributed by atoms with E-state index in [4.69, 9.17) is 18.9 Å². The number of amides is 8. The molecule has 10 heterocycles. The van der Waals surface area contributed by atoms with E-state index in [1.165, 1.54) is 44.8 Å². The number of hydrogen-bond acceptors (Lipinski definition) is 14. The molecule has 9 aromatic carbocycles. The summed E-state index contributed by atoms with van der Waals surface area (Å²) in [6.07, 6.45) is 10.4. The fourth-order valence-electron chi connectivity index (χ4n) is 17.1. The molecular formula is C96H87N9O12S. The van der Waals surface area contributed by atoms with Gasteiger partial charge in [-0.2, -0.15) is 0 Å². The summed E-state index contributed by atoms with van der Waals surface area (Å²) < 4.78 is 25.7. The highest BCUT2D eigenvalue weighted by Gasteiger charge is 2.44. The average molecular weight is 1590 g/mol. The van der Waals surface area contributed by atoms with Gasteiger partial charge in [0.1, 0.15) is 73.6 Å². The molecule has 2 aromatic heterocycles. The molecule has 0 radical (unpaired) electrons. The van der Waals surface area contributed by atoms with Crippen LogP contribution in [0.15, 0.2) is 249 Å². The van der Waals surface area contributed by atoms with Crippen molar-refractivity contribution < 1.29 is 57.3 Å². The first-order chi connectivity index (χ1) is 57.4. The second-order valence-corrected chi connectivity index (χ2v) is 32.0. The van der Waals surface area contributed by atoms with Gasteiger partial charge in [-0.3, -0.25) is 43.3 Å². The van der Waals surface area contributed by atoms with E-state index in [2.05, 4.69) is 137 Å². The molecule has 22 heteroatoms. The Balaban J connectivity index is 0.000000113. The van der Waals surface area contributed by atoms with Crippen molar-refractivity contribution in [1.82, 2.24) is 45.9 Å². The molecule has 0 bridgehead atoms. The van der Waals surface area contributed by atoms with E-state index in [-0.39, 0.29) is 47.3 Å². The molecule has 21 nitrogen and oxygen atoms in total. The van der Waals surface area contributed by atoms with Crippen molar-refractivity contribution in [3.63, 3.8) is 0 Å². The van der Waals surface area contributed by atoms with Crippen LogP contribution in [0.1, 0.15) is 155 Å². The molecule has 8 amide bonds. The van der Waals surface area contributed by atoms with Gasteiger partial charge in [0.2, 0.25) is 23.6 Å². The Labute approximate surface area is 686 Å². The average Bonchev–Trinajstić information content (AvgIpc) is 1.64. The van der Waals surface area contributed by atoms with Gasteiger partial charge >= 0.3 is 0 Å². The predicted molar refractivity (Wildman–Crippen MR) is 450 cm³/mol. The molecule has 8 aliphatic heterocycles. The first-order valence-corrected chi connectivity index (χ1v) is 40.8. The van der Waals surface area contributed by atoms with Gasteiger partial charge in [0, 0.05) is 83.6 Å². The number of aryl methyl sites for hydroxylation is 2. The zero-order valence-electron chi connectivity index (χ0n) is 65.2. The second kappa shape index (κ2) is 33.4. The molecule has 9 aliphatic rings. The molecule has 4 N–H and O–H groups in total. The number of piperidine rings is 4. The summed E-state index contributed by atoms with van der Waals surface area (Å²) in [7, 11) is 0. The standard InChI is InChI=1S/C25H22N2O3.C24H21N3O3.C24H24N2O3.C23H20N2O3S/c1-16-9-12-22(24(28)26-16)27-14-21-20(25(27)29)7-4-8-23(21)30-15-17-10-11-18-5-2-3-6-19(18)13-17;1-15-7-10-21(23(28)26-15)27-13-19-18(24(27)29)5-2-6-22(19)30-14-16-8-9-20-17(12-16)4-3-11-25-20;1-15-8-11-21(23(27)25-15)26-13-20-19(24(26)28)6-3-7-22(20)29-14-16-9-10-17-4-2-5-18(17)12-16;1-14-5-7-19(22(26)24-14)25-12-18-17(23(25)27)3-2-4-20(18)28-13-15-6-8-21-16(11-15)9-10-29-21/h2-8,10-11,13,22H,1,9,12,14-15H2,(H,26,28);2-6,8-9,11-12,21H,1,7,10,13-14H2,(H,26,28);3,6-7,9-10,12,21H,1-2,4-5,8,11,13-14H2,(H,25,27);2-4,6,8-11,19H,1,5,7,12-13H2,(H,24,26). The molecule has 11 aromatic rings. The Morgan fingerprint density at radius 1 is 0.347 bits per heavy atom. The van der Waals surface area contributed by atoms with Crippen LogP contribution >= 0.6 is 11.3 Å². The van der Waals surface area contributed by atoms with Gasteiger partial charge in [0.05, 0.1) is 31.7 Å². The van der Waals surface area contributed by atoms with E-state index >= 15 is 0 Å². The van der Waals surface area contributed by atoms with Crippen molar-refractivity contribution in [2.45, 2.75) is 147 Å². The lowest BCUT2D eigenvalue weighted by Gasteiger charge is -2.31. The third-order valence-electron chi connectivity index (χ3n) is 23.3. The van der Waals surface area contributed by atoms with E-state index in [1.807, 2.05) is 97.1 Å². The first kappa shape index (κ1) is 77.1. The molecule has 1 aliphatic carbocycles. The summed E-state index contributed by atoms with van der Waals surface area (Å²) in [4.78, 5) is 112. The van der Waals surface area contributed by atoms with Crippen LogP contribution in [-0.2, 0) is 84.6 Å². The number of nitrogens with zero attached hydrogens (tertiary/aromatic N) is 5. The van der Waals surface area contributed by atoms with Crippen LogP contribution in [0.25, 0.3) is 31.8 Å². The van der Waals surface area contributed by atoms with Crippen molar-refractivity contribution in [3.8, 4) is 23.0 Å². The number of benzene rings is 9. The molecule has 4 atom stereocenters. The Kier molecular flexibility index (Phi) is 21.8. The number of pyridine rings is 1. The van der Waals surface area contributed by atoms with Gasteiger partial charge in [0.25, 0.3) is 23.6 Å². The second-order valence-electron chi connectivity index (χ2n) is 31.1. The van der Waals surface area contributed by atoms with E-state index in [0.717, 1.165) is 67.6 Å². The Morgan fingerprint density at radius 3 is 1.14 bits per heavy atom. The topological polar surface area (TPSA) is 247 Å². The maximum absolute atomic E-state index is 13.0. The number of thiophene rings is 1. The van der Waals surface area contributed by atoms with Crippen LogP contribution in [0.4, 0.5) is 0 Å². The fourth-order valence-corrected chi connectivity index (χ4v) is 17.9. The molecule has 118 heavy (non-hydrogen) atoms. The lowest BCUT2D eigenvalue weighted by molar-refractivity contribution is -0.127. The number of rotatable bonds is 16. The van der Waals surface area contributed by atoms with Crippen LogP contribution in [-0.4, -0.2) is 96.0 Å². The number of aromatic nitrogens is 1. The third-order valence-corrected chi connectivity index (χ3v) is 24.2. The van der Waals surface area contributed by atoms with Crippen molar-refractivity contribution in [2.75, 3.05) is 0 Å². The minimum absolute atomic E-state index is 0.101. The van der Waals surface area contributed by atoms with E-state index in [0.29, 0.717) is 166 Å². The maximum Gasteiger partial charge on any atom is 0.255 e. The van der Waals surface area contributed by atoms with Crippen LogP contribution in [0.2, 0.25) is 0 Å². The molecule has 4 fully saturated rings. The van der Waals surface area contributed by atoms with Crippen LogP contribution in [0.3, 0.4) is 0 Å². The van der Waals surface area contributed by atoms with Crippen LogP contribution < -0.4 is 40.2 Å². The summed E-state index contributed by atoms with van der Waals surface area (Å²) >= 11 is 1.72. The molecular weight excluding hydrogens is 1500 g/mol. The molecule has 0 spiro atoms. The summed E-state index contributed by atoms with van der Waals surface area (Å²) in [5, 5.41) is 17.8. The largest absolute Gasteiger partial charge is 0.489 e. The van der Waals surface area contributed by atoms with Crippen molar-refractivity contribution in [3.05, 3.63) is 327 Å². The number of allylic oxidation sites excluding steroid dienone is 4. The van der Waals surface area contributed by atoms with Crippen molar-refractivity contribution in [2.24, 2.45) is 0 Å². The smallest absolute Gasteiger partial charge is 0.255 e. The van der Waals surface area contributed by atoms with Gasteiger partial charge in [0.15, 0.2) is 0 Å². The van der Waals surface area contributed by atoms with Gasteiger partial charge in [-0.05, 0) is 217 Å². The third kappa shape index (κ3) is 16.1. The van der Waals surface area contributed by atoms with Crippen molar-refractivity contribution in [1.29, 1.82) is 0 Å². The zero-order valence-corrected chi connectivity index (χ0v) is 66.0. The fraction of sp³-hybridized carbons (Fsp3) is 0.240. The summed E-state index contributed by atoms with van der Waals surface area (Å²) in [6.45, 7) is 18.5. The van der Waals surface area contributed by atoms with Gasteiger partial charge in [-0.25, -0.2) is 0 Å². The minimum atomic E-state index is -0.476. The summed E-state index contributed by atoms with van der Waals surface area (Å²) in [5.74, 6) is 1.70. The number of hydrogen-bond donors (Lipinski definition) is 4. The van der Waals surface area contributed by atoms with Gasteiger partial charge in [-0.1, -0.05) is 123 Å². The van der Waals surface area contributed by atoms with Gasteiger partial charge < -0.3 is 59.8 Å². The molecule has 4 unspecified atom stereocenters. The number of carbonyl (C=O) groups excluding carboxylic acids is 8. The Morgan fingerprint density at radius 2 is 0.712 bits per heavy atom.